The van der Waals surface area contributed by atoms with Gasteiger partial charge in [0.05, 0.1) is 12.0 Å². The van der Waals surface area contributed by atoms with Gasteiger partial charge in [-0.25, -0.2) is 4.79 Å². The molecule has 8 heteroatoms. The van der Waals surface area contributed by atoms with Gasteiger partial charge in [0.1, 0.15) is 13.2 Å². The van der Waals surface area contributed by atoms with E-state index in [0.29, 0.717) is 12.8 Å². The Hall–Kier alpha value is -3.00. The molecule has 4 rings (SSSR count). The monoisotopic (exact) mass is 468 g/mol. The van der Waals surface area contributed by atoms with E-state index in [0.717, 1.165) is 33.8 Å². The van der Waals surface area contributed by atoms with E-state index in [9.17, 15) is 14.4 Å². The van der Waals surface area contributed by atoms with Crippen LogP contribution in [0.5, 0.6) is 0 Å². The Labute approximate surface area is 197 Å². The summed E-state index contributed by atoms with van der Waals surface area (Å²) in [7, 11) is 1.47. The number of amides is 2. The van der Waals surface area contributed by atoms with E-state index >= 15 is 0 Å². The van der Waals surface area contributed by atoms with Crippen LogP contribution in [0, 0.1) is 0 Å². The lowest BCUT2D eigenvalue weighted by Crippen LogP contribution is -2.54. The minimum Gasteiger partial charge on any atom is -0.480 e. The number of nitrogens with one attached hydrogen (secondary N) is 1. The maximum atomic E-state index is 12.9. The number of carboxylic acids is 1. The number of likely N-dealkylation sites (N-methyl/N-ethyl adjacent to an activating group) is 1. The fourth-order valence-corrected chi connectivity index (χ4v) is 5.95. The third-order valence-electron chi connectivity index (χ3n) is 6.45. The van der Waals surface area contributed by atoms with E-state index in [-0.39, 0.29) is 31.4 Å². The molecule has 1 heterocycles. The lowest BCUT2D eigenvalue weighted by molar-refractivity contribution is -0.144. The number of alkyl carbamates (subject to hydrolysis) is 1. The van der Waals surface area contributed by atoms with Crippen molar-refractivity contribution in [3.05, 3.63) is 59.7 Å². The van der Waals surface area contributed by atoms with Gasteiger partial charge >= 0.3 is 12.1 Å². The number of carboxylic acid groups (broad SMARTS) is 1. The number of fused-ring (bicyclic) bond motifs is 3. The number of benzene rings is 2. The van der Waals surface area contributed by atoms with Crippen LogP contribution >= 0.6 is 11.8 Å². The summed E-state index contributed by atoms with van der Waals surface area (Å²) < 4.78 is 5.70. The largest absolute Gasteiger partial charge is 0.480 e. The zero-order chi connectivity index (χ0) is 23.4. The molecular formula is C25H28N2O5S. The van der Waals surface area contributed by atoms with Crippen molar-refractivity contribution in [1.29, 1.82) is 0 Å². The molecule has 0 atom stereocenters. The molecule has 33 heavy (non-hydrogen) atoms. The summed E-state index contributed by atoms with van der Waals surface area (Å²) in [4.78, 5) is 37.7. The van der Waals surface area contributed by atoms with Gasteiger partial charge in [0.25, 0.3) is 0 Å². The molecule has 1 aliphatic heterocycles. The predicted octanol–water partition coefficient (Wildman–Crippen LogP) is 3.72. The Morgan fingerprint density at radius 2 is 1.64 bits per heavy atom. The molecule has 0 saturated carbocycles. The Morgan fingerprint density at radius 1 is 1.06 bits per heavy atom. The molecule has 2 aromatic rings. The number of aliphatic carboxylic acids is 1. The van der Waals surface area contributed by atoms with Crippen LogP contribution in [0.2, 0.25) is 0 Å². The molecule has 174 valence electrons. The van der Waals surface area contributed by atoms with Crippen molar-refractivity contribution in [2.24, 2.45) is 0 Å². The lowest BCUT2D eigenvalue weighted by Gasteiger charge is -2.37. The number of thioether (sulfide) groups is 1. The van der Waals surface area contributed by atoms with Crippen LogP contribution in [0.1, 0.15) is 36.3 Å². The van der Waals surface area contributed by atoms with Gasteiger partial charge in [0, 0.05) is 13.0 Å². The number of nitrogens with zero attached hydrogens (tertiary/aromatic N) is 1. The summed E-state index contributed by atoms with van der Waals surface area (Å²) in [5.41, 5.74) is 3.88. The topological polar surface area (TPSA) is 95.9 Å². The Balaban J connectivity index is 1.43. The van der Waals surface area contributed by atoms with Crippen LogP contribution in [0.15, 0.2) is 48.5 Å². The minimum absolute atomic E-state index is 0.0376. The number of hydrogen-bond donors (Lipinski definition) is 2. The molecule has 0 spiro atoms. The highest BCUT2D eigenvalue weighted by molar-refractivity contribution is 7.99. The van der Waals surface area contributed by atoms with Crippen LogP contribution in [-0.2, 0) is 14.3 Å². The first-order valence-electron chi connectivity index (χ1n) is 11.1. The van der Waals surface area contributed by atoms with Crippen molar-refractivity contribution >= 4 is 29.7 Å². The molecule has 7 nitrogen and oxygen atoms in total. The van der Waals surface area contributed by atoms with E-state index in [1.54, 1.807) is 11.8 Å². The van der Waals surface area contributed by atoms with E-state index < -0.39 is 17.6 Å². The van der Waals surface area contributed by atoms with Gasteiger partial charge in [0.15, 0.2) is 0 Å². The van der Waals surface area contributed by atoms with Crippen molar-refractivity contribution < 1.29 is 24.2 Å². The number of hydrogen-bond acceptors (Lipinski definition) is 5. The SMILES string of the molecule is CN(CC(=O)O)C(=O)CC1(NC(=O)OCC2c3ccccc3-c3ccccc32)CCSCC1. The van der Waals surface area contributed by atoms with Gasteiger partial charge in [-0.1, -0.05) is 48.5 Å². The third-order valence-corrected chi connectivity index (χ3v) is 7.43. The van der Waals surface area contributed by atoms with Crippen molar-refractivity contribution in [3.63, 3.8) is 0 Å². The highest BCUT2D eigenvalue weighted by Crippen LogP contribution is 2.44. The second-order valence-electron chi connectivity index (χ2n) is 8.66. The second-order valence-corrected chi connectivity index (χ2v) is 9.89. The van der Waals surface area contributed by atoms with E-state index in [2.05, 4.69) is 29.6 Å². The summed E-state index contributed by atoms with van der Waals surface area (Å²) >= 11 is 1.78. The zero-order valence-electron chi connectivity index (χ0n) is 18.6. The van der Waals surface area contributed by atoms with Gasteiger partial charge in [-0.2, -0.15) is 11.8 Å². The molecule has 0 unspecified atom stereocenters. The van der Waals surface area contributed by atoms with Crippen molar-refractivity contribution in [2.45, 2.75) is 30.7 Å². The van der Waals surface area contributed by atoms with E-state index in [4.69, 9.17) is 9.84 Å². The molecule has 0 bridgehead atoms. The Kier molecular flexibility index (Phi) is 6.93. The average Bonchev–Trinajstić information content (AvgIpc) is 3.11. The molecule has 0 radical (unpaired) electrons. The van der Waals surface area contributed by atoms with Crippen LogP contribution in [0.25, 0.3) is 11.1 Å². The maximum Gasteiger partial charge on any atom is 0.407 e. The molecule has 0 aromatic heterocycles. The smallest absolute Gasteiger partial charge is 0.407 e. The summed E-state index contributed by atoms with van der Waals surface area (Å²) in [5, 5.41) is 11.9. The number of ether oxygens (including phenoxy) is 1. The van der Waals surface area contributed by atoms with E-state index in [1.165, 1.54) is 11.9 Å². The predicted molar refractivity (Wildman–Crippen MR) is 127 cm³/mol. The van der Waals surface area contributed by atoms with Crippen LogP contribution in [-0.4, -0.2) is 65.2 Å². The quantitative estimate of drug-likeness (QED) is 0.643. The summed E-state index contributed by atoms with van der Waals surface area (Å²) in [6, 6.07) is 16.3. The molecule has 1 fully saturated rings. The molecule has 2 aromatic carbocycles. The van der Waals surface area contributed by atoms with Crippen molar-refractivity contribution in [2.75, 3.05) is 31.7 Å². The number of carbonyl (C=O) groups is 3. The first-order valence-corrected chi connectivity index (χ1v) is 12.2. The van der Waals surface area contributed by atoms with Gasteiger partial charge in [-0.15, -0.1) is 0 Å². The molecule has 2 N–H and O–H groups in total. The molecule has 1 saturated heterocycles. The first kappa shape index (κ1) is 23.2. The van der Waals surface area contributed by atoms with E-state index in [1.807, 2.05) is 24.3 Å². The number of carbonyl (C=O) groups excluding carboxylic acids is 2. The molecule has 2 amide bonds. The van der Waals surface area contributed by atoms with Crippen LogP contribution in [0.3, 0.4) is 0 Å². The highest BCUT2D eigenvalue weighted by Gasteiger charge is 2.38. The Morgan fingerprint density at radius 3 is 2.21 bits per heavy atom. The van der Waals surface area contributed by atoms with Crippen molar-refractivity contribution in [3.8, 4) is 11.1 Å². The second kappa shape index (κ2) is 9.87. The standard InChI is InChI=1S/C25H28N2O5S/c1-27(15-23(29)30)22(28)14-25(10-12-33-13-11-25)26-24(31)32-16-21-19-8-4-2-6-17(19)18-7-3-5-9-20(18)21/h2-9,21H,10-16H2,1H3,(H,26,31)(H,29,30). The Bertz CT molecular complexity index is 1010. The summed E-state index contributed by atoms with van der Waals surface area (Å²) in [6.07, 6.45) is 0.780. The molecular weight excluding hydrogens is 440 g/mol. The van der Waals surface area contributed by atoms with Gasteiger partial charge in [0.2, 0.25) is 5.91 Å². The van der Waals surface area contributed by atoms with Gasteiger partial charge < -0.3 is 20.1 Å². The first-order chi connectivity index (χ1) is 15.9. The molecule has 2 aliphatic rings. The summed E-state index contributed by atoms with van der Waals surface area (Å²) in [5.74, 6) is 0.232. The van der Waals surface area contributed by atoms with Crippen LogP contribution < -0.4 is 5.32 Å². The zero-order valence-corrected chi connectivity index (χ0v) is 19.4. The minimum atomic E-state index is -1.07. The molecule has 1 aliphatic carbocycles. The lowest BCUT2D eigenvalue weighted by atomic mass is 9.88. The number of rotatable bonds is 7. The van der Waals surface area contributed by atoms with Gasteiger partial charge in [-0.05, 0) is 46.6 Å². The third kappa shape index (κ3) is 5.16. The van der Waals surface area contributed by atoms with Crippen LogP contribution in [0.4, 0.5) is 4.79 Å². The fourth-order valence-electron chi connectivity index (χ4n) is 4.67. The average molecular weight is 469 g/mol. The highest BCUT2D eigenvalue weighted by atomic mass is 32.2. The van der Waals surface area contributed by atoms with Crippen molar-refractivity contribution in [1.82, 2.24) is 10.2 Å². The maximum absolute atomic E-state index is 12.9. The van der Waals surface area contributed by atoms with Gasteiger partial charge in [-0.3, -0.25) is 9.59 Å². The normalized spacial score (nSPS) is 16.4. The fraction of sp³-hybridized carbons (Fsp3) is 0.400. The summed E-state index contributed by atoms with van der Waals surface area (Å²) in [6.45, 7) is -0.161.